The number of nitrogens with two attached hydrogens (primary N) is 1. The number of hydrogen-bond donors (Lipinski definition) is 2. The molecular weight excluding hydrogens is 254 g/mol. The van der Waals surface area contributed by atoms with E-state index in [9.17, 15) is 0 Å². The third kappa shape index (κ3) is 2.24. The van der Waals surface area contributed by atoms with E-state index >= 15 is 0 Å². The van der Waals surface area contributed by atoms with E-state index in [4.69, 9.17) is 20.3 Å². The maximum absolute atomic E-state index is 5.73. The SMILES string of the molecule is COCCc1cccc2c(NN)c3c(nc12)CCOC3. The fraction of sp³-hybridized carbons (Fsp3) is 0.400. The second-order valence-corrected chi connectivity index (χ2v) is 4.92. The Hall–Kier alpha value is -1.69. The molecule has 0 amide bonds. The van der Waals surface area contributed by atoms with Gasteiger partial charge in [-0.1, -0.05) is 18.2 Å². The predicted molar refractivity (Wildman–Crippen MR) is 78.5 cm³/mol. The van der Waals surface area contributed by atoms with Gasteiger partial charge in [0.25, 0.3) is 0 Å². The number of methoxy groups -OCH3 is 1. The highest BCUT2D eigenvalue weighted by molar-refractivity contribution is 5.95. The molecule has 1 aromatic heterocycles. The number of hydrazine groups is 1. The van der Waals surface area contributed by atoms with Crippen molar-refractivity contribution in [3.05, 3.63) is 35.0 Å². The first-order chi connectivity index (χ1) is 9.85. The first-order valence-electron chi connectivity index (χ1n) is 6.81. The molecule has 20 heavy (non-hydrogen) atoms. The average molecular weight is 273 g/mol. The number of aromatic nitrogens is 1. The number of anilines is 1. The predicted octanol–water partition coefficient (Wildman–Crippen LogP) is 1.78. The van der Waals surface area contributed by atoms with Gasteiger partial charge in [0.1, 0.15) is 0 Å². The summed E-state index contributed by atoms with van der Waals surface area (Å²) in [4.78, 5) is 4.85. The fourth-order valence-corrected chi connectivity index (χ4v) is 2.72. The van der Waals surface area contributed by atoms with Gasteiger partial charge in [0.15, 0.2) is 0 Å². The van der Waals surface area contributed by atoms with E-state index in [2.05, 4.69) is 11.5 Å². The smallest absolute Gasteiger partial charge is 0.0759 e. The lowest BCUT2D eigenvalue weighted by Crippen LogP contribution is -2.18. The summed E-state index contributed by atoms with van der Waals surface area (Å²) in [6.07, 6.45) is 1.68. The van der Waals surface area contributed by atoms with Gasteiger partial charge in [0.05, 0.1) is 36.7 Å². The molecule has 0 saturated carbocycles. The topological polar surface area (TPSA) is 69.4 Å². The van der Waals surface area contributed by atoms with Gasteiger partial charge in [-0.15, -0.1) is 0 Å². The van der Waals surface area contributed by atoms with Crippen molar-refractivity contribution in [3.8, 4) is 0 Å². The van der Waals surface area contributed by atoms with Crippen LogP contribution in [0.25, 0.3) is 10.9 Å². The zero-order valence-corrected chi connectivity index (χ0v) is 11.6. The molecule has 1 aromatic carbocycles. The lowest BCUT2D eigenvalue weighted by molar-refractivity contribution is 0.110. The summed E-state index contributed by atoms with van der Waals surface area (Å²) in [5, 5.41) is 1.05. The van der Waals surface area contributed by atoms with Gasteiger partial charge in [0.2, 0.25) is 0 Å². The van der Waals surface area contributed by atoms with Crippen LogP contribution in [0.15, 0.2) is 18.2 Å². The molecule has 0 bridgehead atoms. The molecule has 3 rings (SSSR count). The number of nitrogen functional groups attached to an aromatic ring is 1. The molecule has 5 nitrogen and oxygen atoms in total. The number of fused-ring (bicyclic) bond motifs is 2. The lowest BCUT2D eigenvalue weighted by atomic mass is 10.00. The number of pyridine rings is 1. The first kappa shape index (κ1) is 13.3. The second kappa shape index (κ2) is 5.75. The van der Waals surface area contributed by atoms with Crippen molar-refractivity contribution >= 4 is 16.6 Å². The highest BCUT2D eigenvalue weighted by Crippen LogP contribution is 2.32. The number of nitrogens with one attached hydrogen (secondary N) is 1. The molecule has 0 saturated heterocycles. The molecule has 0 radical (unpaired) electrons. The Morgan fingerprint density at radius 1 is 1.45 bits per heavy atom. The van der Waals surface area contributed by atoms with Gasteiger partial charge in [0, 0.05) is 24.5 Å². The van der Waals surface area contributed by atoms with Crippen molar-refractivity contribution in [3.63, 3.8) is 0 Å². The van der Waals surface area contributed by atoms with E-state index < -0.39 is 0 Å². The van der Waals surface area contributed by atoms with Crippen molar-refractivity contribution in [1.29, 1.82) is 0 Å². The molecule has 0 aliphatic carbocycles. The number of para-hydroxylation sites is 1. The Bertz CT molecular complexity index is 628. The minimum atomic E-state index is 0.570. The minimum absolute atomic E-state index is 0.570. The Labute approximate surface area is 118 Å². The highest BCUT2D eigenvalue weighted by atomic mass is 16.5. The summed E-state index contributed by atoms with van der Waals surface area (Å²) in [6, 6.07) is 6.18. The van der Waals surface area contributed by atoms with Crippen molar-refractivity contribution < 1.29 is 9.47 Å². The largest absolute Gasteiger partial charge is 0.384 e. The molecule has 2 heterocycles. The molecule has 0 atom stereocenters. The fourth-order valence-electron chi connectivity index (χ4n) is 2.72. The molecule has 1 aliphatic heterocycles. The van der Waals surface area contributed by atoms with Crippen LogP contribution in [0.3, 0.4) is 0 Å². The summed E-state index contributed by atoms with van der Waals surface area (Å²) in [6.45, 7) is 1.97. The van der Waals surface area contributed by atoms with E-state index in [-0.39, 0.29) is 0 Å². The van der Waals surface area contributed by atoms with E-state index in [1.807, 2.05) is 12.1 Å². The van der Waals surface area contributed by atoms with E-state index in [0.717, 1.165) is 47.3 Å². The van der Waals surface area contributed by atoms with Gasteiger partial charge < -0.3 is 14.9 Å². The summed E-state index contributed by atoms with van der Waals surface area (Å²) in [5.74, 6) is 5.73. The van der Waals surface area contributed by atoms with Gasteiger partial charge in [-0.3, -0.25) is 10.8 Å². The zero-order chi connectivity index (χ0) is 13.9. The van der Waals surface area contributed by atoms with Crippen LogP contribution in [0.1, 0.15) is 16.8 Å². The van der Waals surface area contributed by atoms with Crippen LogP contribution in [0.5, 0.6) is 0 Å². The second-order valence-electron chi connectivity index (χ2n) is 4.92. The molecule has 3 N–H and O–H groups in total. The van der Waals surface area contributed by atoms with E-state index in [0.29, 0.717) is 13.2 Å². The van der Waals surface area contributed by atoms with E-state index in [1.54, 1.807) is 7.11 Å². The van der Waals surface area contributed by atoms with Crippen LogP contribution in [0.2, 0.25) is 0 Å². The molecule has 2 aromatic rings. The summed E-state index contributed by atoms with van der Waals surface area (Å²) < 4.78 is 10.7. The first-order valence-corrected chi connectivity index (χ1v) is 6.81. The van der Waals surface area contributed by atoms with Crippen molar-refractivity contribution in [1.82, 2.24) is 4.98 Å². The van der Waals surface area contributed by atoms with Gasteiger partial charge in [-0.2, -0.15) is 0 Å². The van der Waals surface area contributed by atoms with Crippen LogP contribution in [-0.2, 0) is 28.9 Å². The summed E-state index contributed by atoms with van der Waals surface area (Å²) in [5.41, 5.74) is 8.13. The number of ether oxygens (including phenoxy) is 2. The minimum Gasteiger partial charge on any atom is -0.384 e. The Balaban J connectivity index is 2.20. The van der Waals surface area contributed by atoms with Crippen LogP contribution >= 0.6 is 0 Å². The number of nitrogens with zero attached hydrogens (tertiary/aromatic N) is 1. The molecule has 0 spiro atoms. The maximum atomic E-state index is 5.73. The molecule has 0 unspecified atom stereocenters. The molecule has 5 heteroatoms. The van der Waals surface area contributed by atoms with Crippen LogP contribution in [0, 0.1) is 0 Å². The monoisotopic (exact) mass is 273 g/mol. The van der Waals surface area contributed by atoms with Crippen molar-refractivity contribution in [2.24, 2.45) is 5.84 Å². The summed E-state index contributed by atoms with van der Waals surface area (Å²) >= 11 is 0. The Morgan fingerprint density at radius 3 is 3.15 bits per heavy atom. The van der Waals surface area contributed by atoms with Gasteiger partial charge >= 0.3 is 0 Å². The highest BCUT2D eigenvalue weighted by Gasteiger charge is 2.19. The lowest BCUT2D eigenvalue weighted by Gasteiger charge is -2.21. The molecular formula is C15H19N3O2. The Kier molecular flexibility index (Phi) is 3.82. The third-order valence-electron chi connectivity index (χ3n) is 3.74. The normalized spacial score (nSPS) is 14.3. The number of hydrogen-bond acceptors (Lipinski definition) is 5. The Morgan fingerprint density at radius 2 is 2.35 bits per heavy atom. The van der Waals surface area contributed by atoms with Crippen molar-refractivity contribution in [2.75, 3.05) is 25.7 Å². The zero-order valence-electron chi connectivity index (χ0n) is 11.6. The van der Waals surface area contributed by atoms with E-state index in [1.165, 1.54) is 5.56 Å². The van der Waals surface area contributed by atoms with Crippen LogP contribution in [0.4, 0.5) is 5.69 Å². The van der Waals surface area contributed by atoms with Gasteiger partial charge in [-0.05, 0) is 12.0 Å². The third-order valence-corrected chi connectivity index (χ3v) is 3.74. The molecule has 0 fully saturated rings. The standard InChI is InChI=1S/C15H19N3O2/c1-19-7-5-10-3-2-4-11-14(10)17-13-6-8-20-9-12(13)15(11)18-16/h2-4H,5-9,16H2,1H3,(H,17,18). The number of rotatable bonds is 4. The summed E-state index contributed by atoms with van der Waals surface area (Å²) in [7, 11) is 1.71. The average Bonchev–Trinajstić information content (AvgIpc) is 2.50. The van der Waals surface area contributed by atoms with Gasteiger partial charge in [-0.25, -0.2) is 0 Å². The van der Waals surface area contributed by atoms with Crippen molar-refractivity contribution in [2.45, 2.75) is 19.4 Å². The van der Waals surface area contributed by atoms with Crippen LogP contribution in [-0.4, -0.2) is 25.3 Å². The quantitative estimate of drug-likeness (QED) is 0.656. The molecule has 1 aliphatic rings. The molecule has 106 valence electrons. The number of benzene rings is 1. The maximum Gasteiger partial charge on any atom is 0.0759 e. The van der Waals surface area contributed by atoms with Crippen LogP contribution < -0.4 is 11.3 Å².